The van der Waals surface area contributed by atoms with Gasteiger partial charge in [-0.05, 0) is 25.5 Å². The molecule has 0 aliphatic carbocycles. The number of hydrogen-bond donors (Lipinski definition) is 1. The van der Waals surface area contributed by atoms with E-state index in [-0.39, 0.29) is 11.9 Å². The SMILES string of the molecule is CCN1C(=O)NC(=Cc2cccc(C)c2)C1=O. The number of imide groups is 1. The van der Waals surface area contributed by atoms with Crippen LogP contribution in [0.2, 0.25) is 0 Å². The van der Waals surface area contributed by atoms with Gasteiger partial charge in [-0.1, -0.05) is 29.8 Å². The summed E-state index contributed by atoms with van der Waals surface area (Å²) in [7, 11) is 0. The second-order valence-electron chi connectivity index (χ2n) is 3.95. The minimum Gasteiger partial charge on any atom is -0.303 e. The van der Waals surface area contributed by atoms with Gasteiger partial charge >= 0.3 is 6.03 Å². The number of benzene rings is 1. The van der Waals surface area contributed by atoms with E-state index in [0.29, 0.717) is 12.2 Å². The maximum atomic E-state index is 11.8. The molecule has 1 aromatic rings. The summed E-state index contributed by atoms with van der Waals surface area (Å²) >= 11 is 0. The highest BCUT2D eigenvalue weighted by Gasteiger charge is 2.31. The lowest BCUT2D eigenvalue weighted by Crippen LogP contribution is -2.30. The molecular weight excluding hydrogens is 216 g/mol. The molecule has 88 valence electrons. The number of carbonyl (C=O) groups is 2. The summed E-state index contributed by atoms with van der Waals surface area (Å²) in [6, 6.07) is 7.40. The first-order chi connectivity index (χ1) is 8.11. The van der Waals surface area contributed by atoms with Gasteiger partial charge in [-0.2, -0.15) is 0 Å². The molecule has 0 spiro atoms. The van der Waals surface area contributed by atoms with Gasteiger partial charge in [-0.25, -0.2) is 4.79 Å². The Hall–Kier alpha value is -2.10. The van der Waals surface area contributed by atoms with Gasteiger partial charge in [0.05, 0.1) is 0 Å². The van der Waals surface area contributed by atoms with Crippen molar-refractivity contribution in [2.24, 2.45) is 0 Å². The van der Waals surface area contributed by atoms with E-state index in [1.165, 1.54) is 4.90 Å². The largest absolute Gasteiger partial charge is 0.328 e. The maximum Gasteiger partial charge on any atom is 0.328 e. The van der Waals surface area contributed by atoms with E-state index >= 15 is 0 Å². The smallest absolute Gasteiger partial charge is 0.303 e. The lowest BCUT2D eigenvalue weighted by Gasteiger charge is -2.06. The van der Waals surface area contributed by atoms with Gasteiger partial charge in [0.1, 0.15) is 5.70 Å². The van der Waals surface area contributed by atoms with Gasteiger partial charge in [0.15, 0.2) is 0 Å². The van der Waals surface area contributed by atoms with Crippen molar-refractivity contribution in [3.63, 3.8) is 0 Å². The second kappa shape index (κ2) is 4.41. The van der Waals surface area contributed by atoms with Crippen molar-refractivity contribution in [3.05, 3.63) is 41.1 Å². The van der Waals surface area contributed by atoms with E-state index in [9.17, 15) is 9.59 Å². The molecule has 3 amide bonds. The van der Waals surface area contributed by atoms with Gasteiger partial charge in [-0.15, -0.1) is 0 Å². The third-order valence-corrected chi connectivity index (χ3v) is 2.63. The maximum absolute atomic E-state index is 11.8. The molecule has 1 heterocycles. The molecule has 0 aromatic heterocycles. The summed E-state index contributed by atoms with van der Waals surface area (Å²) in [4.78, 5) is 24.4. The standard InChI is InChI=1S/C13H14N2O2/c1-3-15-12(16)11(14-13(15)17)8-10-6-4-5-9(2)7-10/h4-8H,3H2,1-2H3,(H,14,17). The number of nitrogens with one attached hydrogen (secondary N) is 1. The third-order valence-electron chi connectivity index (χ3n) is 2.63. The second-order valence-corrected chi connectivity index (χ2v) is 3.95. The number of likely N-dealkylation sites (N-methyl/N-ethyl adjacent to an activating group) is 1. The Bertz CT molecular complexity index is 506. The Balaban J connectivity index is 2.30. The molecule has 1 N–H and O–H groups in total. The number of nitrogens with zero attached hydrogens (tertiary/aromatic N) is 1. The van der Waals surface area contributed by atoms with Crippen LogP contribution in [0.3, 0.4) is 0 Å². The molecule has 0 saturated carbocycles. The van der Waals surface area contributed by atoms with E-state index in [4.69, 9.17) is 0 Å². The van der Waals surface area contributed by atoms with Crippen molar-refractivity contribution in [3.8, 4) is 0 Å². The van der Waals surface area contributed by atoms with Gasteiger partial charge in [0, 0.05) is 6.54 Å². The van der Waals surface area contributed by atoms with Crippen LogP contribution in [0.4, 0.5) is 4.79 Å². The molecule has 1 fully saturated rings. The van der Waals surface area contributed by atoms with Gasteiger partial charge in [0.25, 0.3) is 5.91 Å². The Morgan fingerprint density at radius 2 is 2.12 bits per heavy atom. The van der Waals surface area contributed by atoms with Crippen LogP contribution < -0.4 is 5.32 Å². The number of amides is 3. The van der Waals surface area contributed by atoms with E-state index in [1.54, 1.807) is 13.0 Å². The van der Waals surface area contributed by atoms with E-state index in [0.717, 1.165) is 11.1 Å². The fourth-order valence-corrected chi connectivity index (χ4v) is 1.79. The number of carbonyl (C=O) groups excluding carboxylic acids is 2. The van der Waals surface area contributed by atoms with Gasteiger partial charge < -0.3 is 5.32 Å². The summed E-state index contributed by atoms with van der Waals surface area (Å²) < 4.78 is 0. The minimum absolute atomic E-state index is 0.265. The summed E-state index contributed by atoms with van der Waals surface area (Å²) in [5, 5.41) is 2.57. The molecule has 0 bridgehead atoms. The lowest BCUT2D eigenvalue weighted by atomic mass is 10.1. The summed E-state index contributed by atoms with van der Waals surface area (Å²) in [5.41, 5.74) is 2.36. The lowest BCUT2D eigenvalue weighted by molar-refractivity contribution is -0.122. The predicted molar refractivity (Wildman–Crippen MR) is 65.1 cm³/mol. The molecule has 2 rings (SSSR count). The van der Waals surface area contributed by atoms with Crippen molar-refractivity contribution >= 4 is 18.0 Å². The quantitative estimate of drug-likeness (QED) is 0.623. The van der Waals surface area contributed by atoms with E-state index in [1.807, 2.05) is 31.2 Å². The van der Waals surface area contributed by atoms with Gasteiger partial charge in [0.2, 0.25) is 0 Å². The van der Waals surface area contributed by atoms with Crippen molar-refractivity contribution in [1.29, 1.82) is 0 Å². The monoisotopic (exact) mass is 230 g/mol. The number of aryl methyl sites for hydroxylation is 1. The molecule has 1 aliphatic heterocycles. The fraction of sp³-hybridized carbons (Fsp3) is 0.231. The first-order valence-electron chi connectivity index (χ1n) is 5.53. The first kappa shape index (κ1) is 11.4. The Morgan fingerprint density at radius 1 is 1.35 bits per heavy atom. The highest BCUT2D eigenvalue weighted by atomic mass is 16.2. The topological polar surface area (TPSA) is 49.4 Å². The zero-order valence-corrected chi connectivity index (χ0v) is 9.86. The number of urea groups is 1. The molecule has 1 aliphatic rings. The Labute approximate surface area is 99.9 Å². The third kappa shape index (κ3) is 2.20. The van der Waals surface area contributed by atoms with Crippen LogP contribution in [0.25, 0.3) is 6.08 Å². The molecule has 0 unspecified atom stereocenters. The Kier molecular flexibility index (Phi) is 2.95. The highest BCUT2D eigenvalue weighted by Crippen LogP contribution is 2.14. The summed E-state index contributed by atoms with van der Waals surface area (Å²) in [5.74, 6) is -0.265. The Morgan fingerprint density at radius 3 is 2.71 bits per heavy atom. The average molecular weight is 230 g/mol. The molecule has 4 nitrogen and oxygen atoms in total. The van der Waals surface area contributed by atoms with Crippen molar-refractivity contribution in [1.82, 2.24) is 10.2 Å². The summed E-state index contributed by atoms with van der Waals surface area (Å²) in [6.45, 7) is 4.14. The zero-order valence-electron chi connectivity index (χ0n) is 9.86. The number of rotatable bonds is 2. The first-order valence-corrected chi connectivity index (χ1v) is 5.53. The minimum atomic E-state index is -0.351. The van der Waals surface area contributed by atoms with Crippen LogP contribution in [0, 0.1) is 6.92 Å². The van der Waals surface area contributed by atoms with Gasteiger partial charge in [-0.3, -0.25) is 9.69 Å². The van der Waals surface area contributed by atoms with Crippen molar-refractivity contribution < 1.29 is 9.59 Å². The van der Waals surface area contributed by atoms with E-state index < -0.39 is 0 Å². The van der Waals surface area contributed by atoms with Crippen molar-refractivity contribution in [2.75, 3.05) is 6.54 Å². The van der Waals surface area contributed by atoms with Crippen molar-refractivity contribution in [2.45, 2.75) is 13.8 Å². The molecule has 4 heteroatoms. The summed E-state index contributed by atoms with van der Waals surface area (Å²) in [6.07, 6.45) is 1.70. The molecular formula is C13H14N2O2. The molecule has 0 radical (unpaired) electrons. The van der Waals surface area contributed by atoms with Crippen LogP contribution >= 0.6 is 0 Å². The van der Waals surface area contributed by atoms with Crippen LogP contribution in [-0.4, -0.2) is 23.4 Å². The van der Waals surface area contributed by atoms with Crippen LogP contribution in [-0.2, 0) is 4.79 Å². The fourth-order valence-electron chi connectivity index (χ4n) is 1.79. The molecule has 17 heavy (non-hydrogen) atoms. The van der Waals surface area contributed by atoms with Crippen LogP contribution in [0.1, 0.15) is 18.1 Å². The van der Waals surface area contributed by atoms with E-state index in [2.05, 4.69) is 5.32 Å². The van der Waals surface area contributed by atoms with Crippen LogP contribution in [0.15, 0.2) is 30.0 Å². The molecule has 0 atom stereocenters. The average Bonchev–Trinajstić information content (AvgIpc) is 2.54. The van der Waals surface area contributed by atoms with Crippen LogP contribution in [0.5, 0.6) is 0 Å². The zero-order chi connectivity index (χ0) is 12.4. The number of hydrogen-bond acceptors (Lipinski definition) is 2. The molecule has 1 saturated heterocycles. The highest BCUT2D eigenvalue weighted by molar-refractivity contribution is 6.13. The predicted octanol–water partition coefficient (Wildman–Crippen LogP) is 1.91. The normalized spacial score (nSPS) is 17.8. The molecule has 1 aromatic carbocycles.